The summed E-state index contributed by atoms with van der Waals surface area (Å²) in [6.45, 7) is 7.44. The number of nitrogens with zero attached hydrogens (tertiary/aromatic N) is 1. The van der Waals surface area contributed by atoms with Crippen molar-refractivity contribution in [3.63, 3.8) is 0 Å². The van der Waals surface area contributed by atoms with Gasteiger partial charge in [0.2, 0.25) is 0 Å². The van der Waals surface area contributed by atoms with Gasteiger partial charge in [-0.05, 0) is 39.5 Å². The summed E-state index contributed by atoms with van der Waals surface area (Å²) in [5.41, 5.74) is 5.98. The number of morpholine rings is 1. The molecular formula is C12H24N2O. The number of rotatable bonds is 1. The Morgan fingerprint density at radius 1 is 1.20 bits per heavy atom. The van der Waals surface area contributed by atoms with Crippen LogP contribution < -0.4 is 5.73 Å². The highest BCUT2D eigenvalue weighted by Crippen LogP contribution is 2.26. The van der Waals surface area contributed by atoms with Gasteiger partial charge < -0.3 is 10.5 Å². The van der Waals surface area contributed by atoms with Crippen LogP contribution in [0.3, 0.4) is 0 Å². The minimum Gasteiger partial charge on any atom is -0.373 e. The van der Waals surface area contributed by atoms with Gasteiger partial charge in [0.15, 0.2) is 0 Å². The van der Waals surface area contributed by atoms with E-state index in [1.807, 2.05) is 0 Å². The third-order valence-corrected chi connectivity index (χ3v) is 3.71. The fourth-order valence-corrected chi connectivity index (χ4v) is 2.83. The van der Waals surface area contributed by atoms with E-state index >= 15 is 0 Å². The lowest BCUT2D eigenvalue weighted by atomic mass is 9.89. The smallest absolute Gasteiger partial charge is 0.0753 e. The quantitative estimate of drug-likeness (QED) is 0.713. The summed E-state index contributed by atoms with van der Waals surface area (Å²) in [7, 11) is 0. The van der Waals surface area contributed by atoms with Crippen LogP contribution in [0.5, 0.6) is 0 Å². The highest BCUT2D eigenvalue weighted by molar-refractivity contribution is 4.87. The van der Waals surface area contributed by atoms with Crippen molar-refractivity contribution in [3.05, 3.63) is 0 Å². The number of hydrogen-bond acceptors (Lipinski definition) is 3. The van der Waals surface area contributed by atoms with E-state index in [1.165, 1.54) is 25.7 Å². The summed E-state index contributed by atoms with van der Waals surface area (Å²) >= 11 is 0. The van der Waals surface area contributed by atoms with Crippen molar-refractivity contribution in [2.75, 3.05) is 19.7 Å². The lowest BCUT2D eigenvalue weighted by molar-refractivity contribution is -0.100. The Balaban J connectivity index is 1.88. The predicted octanol–water partition coefficient (Wildman–Crippen LogP) is 1.37. The average Bonchev–Trinajstić information content (AvgIpc) is 2.17. The van der Waals surface area contributed by atoms with Gasteiger partial charge in [0.25, 0.3) is 0 Å². The fraction of sp³-hybridized carbons (Fsp3) is 1.00. The topological polar surface area (TPSA) is 38.5 Å². The van der Waals surface area contributed by atoms with Crippen molar-refractivity contribution >= 4 is 0 Å². The molecule has 2 rings (SSSR count). The molecule has 3 heteroatoms. The van der Waals surface area contributed by atoms with E-state index in [0.717, 1.165) is 25.7 Å². The van der Waals surface area contributed by atoms with Crippen LogP contribution in [0.1, 0.15) is 39.5 Å². The van der Waals surface area contributed by atoms with E-state index in [-0.39, 0.29) is 5.60 Å². The summed E-state index contributed by atoms with van der Waals surface area (Å²) in [6, 6.07) is 1.21. The van der Waals surface area contributed by atoms with Crippen LogP contribution in [0.4, 0.5) is 0 Å². The second kappa shape index (κ2) is 4.40. The second-order valence-corrected chi connectivity index (χ2v) is 5.65. The number of ether oxygens (including phenoxy) is 1. The summed E-state index contributed by atoms with van der Waals surface area (Å²) in [6.07, 6.45) is 4.94. The molecule has 0 amide bonds. The molecule has 1 aliphatic carbocycles. The molecule has 0 aromatic rings. The third kappa shape index (κ3) is 2.92. The minimum absolute atomic E-state index is 0.0395. The Bertz CT molecular complexity index is 210. The molecule has 1 saturated heterocycles. The maximum Gasteiger partial charge on any atom is 0.0753 e. The summed E-state index contributed by atoms with van der Waals surface area (Å²) < 4.78 is 5.74. The number of hydrogen-bond donors (Lipinski definition) is 1. The van der Waals surface area contributed by atoms with Crippen molar-refractivity contribution in [1.82, 2.24) is 4.90 Å². The van der Waals surface area contributed by atoms with E-state index < -0.39 is 0 Å². The van der Waals surface area contributed by atoms with Gasteiger partial charge >= 0.3 is 0 Å². The van der Waals surface area contributed by atoms with E-state index in [9.17, 15) is 0 Å². The summed E-state index contributed by atoms with van der Waals surface area (Å²) in [5, 5.41) is 0. The van der Waals surface area contributed by atoms with Gasteiger partial charge in [0, 0.05) is 25.2 Å². The van der Waals surface area contributed by atoms with Crippen LogP contribution in [0.15, 0.2) is 0 Å². The number of nitrogens with two attached hydrogens (primary N) is 1. The van der Waals surface area contributed by atoms with Gasteiger partial charge in [-0.3, -0.25) is 4.90 Å². The van der Waals surface area contributed by atoms with Gasteiger partial charge in [0.05, 0.1) is 12.2 Å². The largest absolute Gasteiger partial charge is 0.373 e. The van der Waals surface area contributed by atoms with Crippen molar-refractivity contribution in [2.45, 2.75) is 57.2 Å². The maximum atomic E-state index is 5.94. The van der Waals surface area contributed by atoms with E-state index in [4.69, 9.17) is 10.5 Å². The molecule has 0 aromatic carbocycles. The van der Waals surface area contributed by atoms with Gasteiger partial charge in [-0.2, -0.15) is 0 Å². The Morgan fingerprint density at radius 2 is 1.87 bits per heavy atom. The molecule has 2 N–H and O–H groups in total. The van der Waals surface area contributed by atoms with Gasteiger partial charge in [-0.1, -0.05) is 0 Å². The summed E-state index contributed by atoms with van der Waals surface area (Å²) in [4.78, 5) is 2.61. The lowest BCUT2D eigenvalue weighted by Gasteiger charge is -2.44. The Morgan fingerprint density at radius 3 is 2.47 bits per heavy atom. The normalized spacial score (nSPS) is 37.8. The molecule has 0 bridgehead atoms. The fourth-order valence-electron chi connectivity index (χ4n) is 2.83. The first-order valence-corrected chi connectivity index (χ1v) is 6.20. The Hall–Kier alpha value is -0.120. The van der Waals surface area contributed by atoms with E-state index in [1.54, 1.807) is 0 Å². The molecule has 0 aromatic heterocycles. The lowest BCUT2D eigenvalue weighted by Crippen LogP contribution is -2.53. The van der Waals surface area contributed by atoms with Crippen molar-refractivity contribution in [2.24, 2.45) is 5.73 Å². The van der Waals surface area contributed by atoms with Crippen LogP contribution >= 0.6 is 0 Å². The first kappa shape index (κ1) is 11.4. The van der Waals surface area contributed by atoms with Gasteiger partial charge in [-0.15, -0.1) is 0 Å². The van der Waals surface area contributed by atoms with Crippen molar-refractivity contribution < 1.29 is 4.74 Å². The highest BCUT2D eigenvalue weighted by atomic mass is 16.5. The van der Waals surface area contributed by atoms with Crippen LogP contribution in [0.2, 0.25) is 0 Å². The Kier molecular flexibility index (Phi) is 3.33. The third-order valence-electron chi connectivity index (χ3n) is 3.71. The minimum atomic E-state index is 0.0395. The zero-order valence-electron chi connectivity index (χ0n) is 10.0. The van der Waals surface area contributed by atoms with Crippen LogP contribution in [0.25, 0.3) is 0 Å². The molecule has 1 saturated carbocycles. The zero-order valence-corrected chi connectivity index (χ0v) is 10.0. The van der Waals surface area contributed by atoms with E-state index in [0.29, 0.717) is 6.04 Å². The monoisotopic (exact) mass is 212 g/mol. The molecule has 2 aliphatic rings. The molecule has 2 fully saturated rings. The molecule has 0 atom stereocenters. The first-order chi connectivity index (χ1) is 7.07. The van der Waals surface area contributed by atoms with Crippen molar-refractivity contribution in [3.8, 4) is 0 Å². The van der Waals surface area contributed by atoms with Crippen LogP contribution in [0, 0.1) is 0 Å². The van der Waals surface area contributed by atoms with E-state index in [2.05, 4.69) is 18.7 Å². The molecule has 0 radical (unpaired) electrons. The SMILES string of the molecule is CC1(C)CN([C@H]2CC[C@H](N)CC2)CCO1. The molecule has 1 aliphatic heterocycles. The zero-order chi connectivity index (χ0) is 10.9. The summed E-state index contributed by atoms with van der Waals surface area (Å²) in [5.74, 6) is 0. The first-order valence-electron chi connectivity index (χ1n) is 6.20. The average molecular weight is 212 g/mol. The molecule has 0 spiro atoms. The highest BCUT2D eigenvalue weighted by Gasteiger charge is 2.32. The van der Waals surface area contributed by atoms with Gasteiger partial charge in [0.1, 0.15) is 0 Å². The van der Waals surface area contributed by atoms with Crippen LogP contribution in [-0.2, 0) is 4.74 Å². The predicted molar refractivity (Wildman–Crippen MR) is 61.8 cm³/mol. The van der Waals surface area contributed by atoms with Gasteiger partial charge in [-0.25, -0.2) is 0 Å². The van der Waals surface area contributed by atoms with Crippen LogP contribution in [-0.4, -0.2) is 42.3 Å². The second-order valence-electron chi connectivity index (χ2n) is 5.65. The van der Waals surface area contributed by atoms with Crippen molar-refractivity contribution in [1.29, 1.82) is 0 Å². The standard InChI is InChI=1S/C12H24N2O/c1-12(2)9-14(7-8-15-12)11-5-3-10(13)4-6-11/h10-11H,3-9,13H2,1-2H3/t10-,11-. The molecule has 15 heavy (non-hydrogen) atoms. The molecule has 88 valence electrons. The maximum absolute atomic E-state index is 5.94. The molecular weight excluding hydrogens is 188 g/mol. The molecule has 3 nitrogen and oxygen atoms in total. The Labute approximate surface area is 93.0 Å². The molecule has 0 unspecified atom stereocenters. The molecule has 1 heterocycles.